The zero-order valence-corrected chi connectivity index (χ0v) is 13.0. The maximum atomic E-state index is 12.2. The van der Waals surface area contributed by atoms with Gasteiger partial charge in [0.15, 0.2) is 5.69 Å². The van der Waals surface area contributed by atoms with E-state index in [0.717, 1.165) is 24.9 Å². The van der Waals surface area contributed by atoms with Crippen molar-refractivity contribution in [1.29, 1.82) is 0 Å². The summed E-state index contributed by atoms with van der Waals surface area (Å²) < 4.78 is 6.49. The fraction of sp³-hybridized carbons (Fsp3) is 0.353. The van der Waals surface area contributed by atoms with Crippen LogP contribution < -0.4 is 5.32 Å². The molecule has 0 saturated heterocycles. The Kier molecular flexibility index (Phi) is 4.14. The third-order valence-electron chi connectivity index (χ3n) is 4.36. The van der Waals surface area contributed by atoms with E-state index in [4.69, 9.17) is 4.74 Å². The summed E-state index contributed by atoms with van der Waals surface area (Å²) in [6.45, 7) is 0.288. The average molecular weight is 313 g/mol. The van der Waals surface area contributed by atoms with Gasteiger partial charge in [0, 0.05) is 12.7 Å². The topological polar surface area (TPSA) is 73.2 Å². The fourth-order valence-electron chi connectivity index (χ4n) is 2.78. The molecule has 0 spiro atoms. The van der Waals surface area contributed by atoms with Crippen LogP contribution in [-0.2, 0) is 9.53 Å². The molecule has 2 aromatic rings. The molecule has 1 aromatic carbocycles. The standard InChI is InChI=1S/C17H19N3O3/c1-23-16(22)17(9-5-10-17)12-18-15(21)14-8-11-20(19-14)13-6-3-2-4-7-13/h2-4,6-8,11H,5,9-10,12H2,1H3,(H,18,21). The van der Waals surface area contributed by atoms with Crippen LogP contribution in [-0.4, -0.2) is 35.3 Å². The second kappa shape index (κ2) is 6.24. The van der Waals surface area contributed by atoms with Crippen molar-refractivity contribution < 1.29 is 14.3 Å². The van der Waals surface area contributed by atoms with Gasteiger partial charge in [0.1, 0.15) is 0 Å². The van der Waals surface area contributed by atoms with Crippen LogP contribution in [0.3, 0.4) is 0 Å². The van der Waals surface area contributed by atoms with Gasteiger partial charge in [0.05, 0.1) is 18.2 Å². The Balaban J connectivity index is 1.65. The van der Waals surface area contributed by atoms with Crippen molar-refractivity contribution >= 4 is 11.9 Å². The first kappa shape index (κ1) is 15.3. The molecular weight excluding hydrogens is 294 g/mol. The molecule has 1 amide bonds. The van der Waals surface area contributed by atoms with Gasteiger partial charge in [0.2, 0.25) is 0 Å². The lowest BCUT2D eigenvalue weighted by atomic mass is 9.68. The molecule has 1 aromatic heterocycles. The molecule has 3 rings (SSSR count). The predicted octanol–water partition coefficient (Wildman–Crippen LogP) is 1.95. The van der Waals surface area contributed by atoms with E-state index in [0.29, 0.717) is 5.69 Å². The summed E-state index contributed by atoms with van der Waals surface area (Å²) in [5, 5.41) is 7.08. The number of carbonyl (C=O) groups excluding carboxylic acids is 2. The van der Waals surface area contributed by atoms with Crippen LogP contribution in [0.5, 0.6) is 0 Å². The number of nitrogens with one attached hydrogen (secondary N) is 1. The lowest BCUT2D eigenvalue weighted by Crippen LogP contribution is -2.48. The van der Waals surface area contributed by atoms with Crippen molar-refractivity contribution in [3.8, 4) is 5.69 Å². The molecule has 0 bridgehead atoms. The minimum absolute atomic E-state index is 0.251. The minimum atomic E-state index is -0.563. The zero-order valence-electron chi connectivity index (χ0n) is 13.0. The van der Waals surface area contributed by atoms with Crippen molar-refractivity contribution in [3.05, 3.63) is 48.3 Å². The molecule has 1 fully saturated rings. The van der Waals surface area contributed by atoms with E-state index in [1.165, 1.54) is 7.11 Å². The molecule has 6 heteroatoms. The monoisotopic (exact) mass is 313 g/mol. The molecule has 1 N–H and O–H groups in total. The van der Waals surface area contributed by atoms with Crippen molar-refractivity contribution in [3.63, 3.8) is 0 Å². The fourth-order valence-corrected chi connectivity index (χ4v) is 2.78. The van der Waals surface area contributed by atoms with E-state index in [9.17, 15) is 9.59 Å². The van der Waals surface area contributed by atoms with E-state index in [-0.39, 0.29) is 18.4 Å². The Morgan fingerprint density at radius 1 is 1.26 bits per heavy atom. The number of methoxy groups -OCH3 is 1. The molecule has 0 atom stereocenters. The predicted molar refractivity (Wildman–Crippen MR) is 84.2 cm³/mol. The number of carbonyl (C=O) groups is 2. The third-order valence-corrected chi connectivity index (χ3v) is 4.36. The Labute approximate surface area is 134 Å². The quantitative estimate of drug-likeness (QED) is 0.856. The number of esters is 1. The van der Waals surface area contributed by atoms with E-state index in [1.54, 1.807) is 16.9 Å². The summed E-state index contributed by atoms with van der Waals surface area (Å²) in [6.07, 6.45) is 4.22. The number of benzene rings is 1. The first-order valence-electron chi connectivity index (χ1n) is 7.62. The summed E-state index contributed by atoms with van der Waals surface area (Å²) in [5.41, 5.74) is 0.650. The van der Waals surface area contributed by atoms with Crippen molar-refractivity contribution in [2.45, 2.75) is 19.3 Å². The molecule has 1 aliphatic carbocycles. The van der Waals surface area contributed by atoms with Crippen LogP contribution >= 0.6 is 0 Å². The number of hydrogen-bond donors (Lipinski definition) is 1. The SMILES string of the molecule is COC(=O)C1(CNC(=O)c2ccn(-c3ccccc3)n2)CCC1. The molecule has 1 aliphatic rings. The first-order valence-corrected chi connectivity index (χ1v) is 7.62. The summed E-state index contributed by atoms with van der Waals surface area (Å²) in [5.74, 6) is -0.534. The van der Waals surface area contributed by atoms with E-state index >= 15 is 0 Å². The number of amides is 1. The number of ether oxygens (including phenoxy) is 1. The largest absolute Gasteiger partial charge is 0.469 e. The maximum absolute atomic E-state index is 12.2. The summed E-state index contributed by atoms with van der Waals surface area (Å²) in [7, 11) is 1.38. The van der Waals surface area contributed by atoms with Gasteiger partial charge in [-0.05, 0) is 31.0 Å². The second-order valence-corrected chi connectivity index (χ2v) is 5.79. The Morgan fingerprint density at radius 2 is 2.00 bits per heavy atom. The van der Waals surface area contributed by atoms with E-state index < -0.39 is 5.41 Å². The van der Waals surface area contributed by atoms with Gasteiger partial charge in [-0.3, -0.25) is 9.59 Å². The minimum Gasteiger partial charge on any atom is -0.469 e. The normalized spacial score (nSPS) is 15.5. The van der Waals surface area contributed by atoms with Crippen LogP contribution in [0.1, 0.15) is 29.8 Å². The number of nitrogens with zero attached hydrogens (tertiary/aromatic N) is 2. The van der Waals surface area contributed by atoms with Crippen LogP contribution in [0.25, 0.3) is 5.69 Å². The Hall–Kier alpha value is -2.63. The lowest BCUT2D eigenvalue weighted by molar-refractivity contribution is -0.157. The summed E-state index contributed by atoms with van der Waals surface area (Å²) in [4.78, 5) is 24.1. The third kappa shape index (κ3) is 2.97. The van der Waals surface area contributed by atoms with Gasteiger partial charge in [-0.15, -0.1) is 0 Å². The molecule has 0 unspecified atom stereocenters. The Morgan fingerprint density at radius 3 is 2.61 bits per heavy atom. The Bertz CT molecular complexity index is 705. The average Bonchev–Trinajstić information content (AvgIpc) is 3.04. The molecule has 1 saturated carbocycles. The van der Waals surface area contributed by atoms with Crippen molar-refractivity contribution in [1.82, 2.24) is 15.1 Å². The highest BCUT2D eigenvalue weighted by Crippen LogP contribution is 2.41. The van der Waals surface area contributed by atoms with Gasteiger partial charge in [-0.25, -0.2) is 4.68 Å². The number of rotatable bonds is 5. The van der Waals surface area contributed by atoms with Crippen LogP contribution in [0.15, 0.2) is 42.6 Å². The van der Waals surface area contributed by atoms with Gasteiger partial charge < -0.3 is 10.1 Å². The molecule has 120 valence electrons. The highest BCUT2D eigenvalue weighted by Gasteiger charge is 2.45. The number of para-hydroxylation sites is 1. The van der Waals surface area contributed by atoms with Crippen LogP contribution in [0.4, 0.5) is 0 Å². The number of aromatic nitrogens is 2. The van der Waals surface area contributed by atoms with Crippen LogP contribution in [0, 0.1) is 5.41 Å². The molecular formula is C17H19N3O3. The van der Waals surface area contributed by atoms with E-state index in [1.807, 2.05) is 30.3 Å². The highest BCUT2D eigenvalue weighted by molar-refractivity contribution is 5.92. The van der Waals surface area contributed by atoms with Gasteiger partial charge in [-0.1, -0.05) is 24.6 Å². The zero-order chi connectivity index (χ0) is 16.3. The molecule has 0 aliphatic heterocycles. The van der Waals surface area contributed by atoms with Crippen molar-refractivity contribution in [2.24, 2.45) is 5.41 Å². The van der Waals surface area contributed by atoms with Crippen molar-refractivity contribution in [2.75, 3.05) is 13.7 Å². The lowest BCUT2D eigenvalue weighted by Gasteiger charge is -2.38. The maximum Gasteiger partial charge on any atom is 0.313 e. The van der Waals surface area contributed by atoms with Gasteiger partial charge in [-0.2, -0.15) is 5.10 Å². The summed E-state index contributed by atoms with van der Waals surface area (Å²) in [6, 6.07) is 11.2. The van der Waals surface area contributed by atoms with Crippen LogP contribution in [0.2, 0.25) is 0 Å². The smallest absolute Gasteiger partial charge is 0.313 e. The highest BCUT2D eigenvalue weighted by atomic mass is 16.5. The summed E-state index contributed by atoms with van der Waals surface area (Å²) >= 11 is 0. The number of hydrogen-bond acceptors (Lipinski definition) is 4. The second-order valence-electron chi connectivity index (χ2n) is 5.79. The molecule has 1 heterocycles. The van der Waals surface area contributed by atoms with Gasteiger partial charge in [0.25, 0.3) is 5.91 Å². The first-order chi connectivity index (χ1) is 11.1. The van der Waals surface area contributed by atoms with E-state index in [2.05, 4.69) is 10.4 Å². The molecule has 23 heavy (non-hydrogen) atoms. The van der Waals surface area contributed by atoms with Gasteiger partial charge >= 0.3 is 5.97 Å². The molecule has 6 nitrogen and oxygen atoms in total. The molecule has 0 radical (unpaired) electrons.